The lowest BCUT2D eigenvalue weighted by molar-refractivity contribution is -0.132. The van der Waals surface area contributed by atoms with Gasteiger partial charge in [0.2, 0.25) is 5.91 Å². The van der Waals surface area contributed by atoms with E-state index in [9.17, 15) is 9.90 Å². The van der Waals surface area contributed by atoms with Gasteiger partial charge >= 0.3 is 0 Å². The molecule has 1 amide bonds. The number of amides is 1. The average molecular weight is 384 g/mol. The first-order valence-corrected chi connectivity index (χ1v) is 9.53. The van der Waals surface area contributed by atoms with Crippen molar-refractivity contribution < 1.29 is 19.4 Å². The van der Waals surface area contributed by atoms with Crippen molar-refractivity contribution in [2.45, 2.75) is 18.6 Å². The summed E-state index contributed by atoms with van der Waals surface area (Å²) < 4.78 is 10.5. The van der Waals surface area contributed by atoms with Crippen LogP contribution < -0.4 is 10.1 Å². The Bertz CT molecular complexity index is 796. The normalized spacial score (nSPS) is 17.1. The van der Waals surface area contributed by atoms with Crippen molar-refractivity contribution in [1.82, 2.24) is 10.2 Å². The number of aliphatic hydroxyl groups excluding tert-OH is 1. The molecule has 0 spiro atoms. The van der Waals surface area contributed by atoms with Crippen molar-refractivity contribution in [2.24, 2.45) is 0 Å². The van der Waals surface area contributed by atoms with Gasteiger partial charge in [0.15, 0.2) is 0 Å². The van der Waals surface area contributed by atoms with Gasteiger partial charge in [-0.1, -0.05) is 42.5 Å². The largest absolute Gasteiger partial charge is 0.496 e. The molecule has 2 N–H and O–H groups in total. The van der Waals surface area contributed by atoms with Gasteiger partial charge in [-0.05, 0) is 23.6 Å². The third kappa shape index (κ3) is 4.52. The fourth-order valence-corrected chi connectivity index (χ4v) is 3.76. The Kier molecular flexibility index (Phi) is 7.03. The lowest BCUT2D eigenvalue weighted by atomic mass is 9.87. The smallest absolute Gasteiger partial charge is 0.237 e. The standard InChI is InChI=1S/C22H28N2O4/c1-27-15-17(25)13-23-14-21(26)24-12-11-16-7-3-4-8-18(16)22(24)19-9-5-6-10-20(19)28-2/h3-10,17,22-23,25H,11-15H2,1-2H3/t17?,22-/m1/s1. The second-order valence-corrected chi connectivity index (χ2v) is 6.92. The number of nitrogens with zero attached hydrogens (tertiary/aromatic N) is 1. The Labute approximate surface area is 166 Å². The summed E-state index contributed by atoms with van der Waals surface area (Å²) in [6, 6.07) is 15.9. The highest BCUT2D eigenvalue weighted by molar-refractivity contribution is 5.80. The summed E-state index contributed by atoms with van der Waals surface area (Å²) in [5, 5.41) is 12.8. The van der Waals surface area contributed by atoms with Crippen LogP contribution in [-0.4, -0.2) is 62.5 Å². The Morgan fingerprint density at radius 3 is 2.64 bits per heavy atom. The van der Waals surface area contributed by atoms with E-state index in [0.717, 1.165) is 23.3 Å². The zero-order valence-electron chi connectivity index (χ0n) is 16.4. The predicted molar refractivity (Wildman–Crippen MR) is 107 cm³/mol. The number of benzene rings is 2. The zero-order valence-corrected chi connectivity index (χ0v) is 16.4. The summed E-state index contributed by atoms with van der Waals surface area (Å²) >= 11 is 0. The van der Waals surface area contributed by atoms with Gasteiger partial charge in [-0.15, -0.1) is 0 Å². The maximum Gasteiger partial charge on any atom is 0.237 e. The molecule has 0 aromatic heterocycles. The molecule has 3 rings (SSSR count). The van der Waals surface area contributed by atoms with Crippen molar-refractivity contribution in [3.8, 4) is 5.75 Å². The molecule has 28 heavy (non-hydrogen) atoms. The van der Waals surface area contributed by atoms with Crippen LogP contribution in [0.2, 0.25) is 0 Å². The molecule has 1 heterocycles. The number of carbonyl (C=O) groups is 1. The van der Waals surface area contributed by atoms with Gasteiger partial charge in [0.05, 0.1) is 32.4 Å². The van der Waals surface area contributed by atoms with Crippen LogP contribution in [-0.2, 0) is 16.0 Å². The zero-order chi connectivity index (χ0) is 19.9. The van der Waals surface area contributed by atoms with E-state index in [-0.39, 0.29) is 25.1 Å². The summed E-state index contributed by atoms with van der Waals surface area (Å²) in [5.41, 5.74) is 3.36. The van der Waals surface area contributed by atoms with Gasteiger partial charge in [0.25, 0.3) is 0 Å². The molecule has 6 nitrogen and oxygen atoms in total. The van der Waals surface area contributed by atoms with E-state index >= 15 is 0 Å². The molecular weight excluding hydrogens is 356 g/mol. The summed E-state index contributed by atoms with van der Waals surface area (Å²) in [5.74, 6) is 0.764. The first kappa shape index (κ1) is 20.3. The Morgan fingerprint density at radius 1 is 1.18 bits per heavy atom. The van der Waals surface area contributed by atoms with E-state index < -0.39 is 6.10 Å². The molecule has 1 aliphatic rings. The summed E-state index contributed by atoms with van der Waals surface area (Å²) in [4.78, 5) is 14.9. The molecule has 150 valence electrons. The van der Waals surface area contributed by atoms with E-state index in [4.69, 9.17) is 9.47 Å². The second kappa shape index (κ2) is 9.68. The molecule has 0 bridgehead atoms. The average Bonchev–Trinajstić information content (AvgIpc) is 2.73. The van der Waals surface area contributed by atoms with E-state index in [1.54, 1.807) is 7.11 Å². The minimum absolute atomic E-state index is 0.00461. The van der Waals surface area contributed by atoms with Crippen molar-refractivity contribution in [3.63, 3.8) is 0 Å². The van der Waals surface area contributed by atoms with Gasteiger partial charge in [-0.2, -0.15) is 0 Å². The van der Waals surface area contributed by atoms with E-state index in [2.05, 4.69) is 17.4 Å². The number of methoxy groups -OCH3 is 2. The molecule has 0 saturated carbocycles. The molecule has 0 saturated heterocycles. The second-order valence-electron chi connectivity index (χ2n) is 6.92. The SMILES string of the molecule is COCC(O)CNCC(=O)N1CCc2ccccc2[C@@H]1c1ccccc1OC. The highest BCUT2D eigenvalue weighted by atomic mass is 16.5. The molecule has 2 atom stereocenters. The summed E-state index contributed by atoms with van der Waals surface area (Å²) in [6.45, 7) is 1.35. The number of fused-ring (bicyclic) bond motifs is 1. The number of rotatable bonds is 8. The predicted octanol–water partition coefficient (Wildman–Crippen LogP) is 1.77. The Balaban J connectivity index is 1.84. The van der Waals surface area contributed by atoms with Crippen LogP contribution >= 0.6 is 0 Å². The van der Waals surface area contributed by atoms with Crippen LogP contribution in [0.4, 0.5) is 0 Å². The fourth-order valence-electron chi connectivity index (χ4n) is 3.76. The number of hydrogen-bond acceptors (Lipinski definition) is 5. The molecule has 1 unspecified atom stereocenters. The van der Waals surface area contributed by atoms with Gasteiger partial charge in [-0.3, -0.25) is 4.79 Å². The van der Waals surface area contributed by atoms with Crippen LogP contribution in [0.3, 0.4) is 0 Å². The number of aliphatic hydroxyl groups is 1. The minimum atomic E-state index is -0.634. The molecule has 1 aliphatic heterocycles. The monoisotopic (exact) mass is 384 g/mol. The topological polar surface area (TPSA) is 71.0 Å². The number of nitrogens with one attached hydrogen (secondary N) is 1. The van der Waals surface area contributed by atoms with E-state index in [1.165, 1.54) is 12.7 Å². The third-order valence-electron chi connectivity index (χ3n) is 5.05. The summed E-state index contributed by atoms with van der Waals surface area (Å²) in [7, 11) is 3.19. The van der Waals surface area contributed by atoms with Crippen LogP contribution in [0.1, 0.15) is 22.7 Å². The minimum Gasteiger partial charge on any atom is -0.496 e. The fraction of sp³-hybridized carbons (Fsp3) is 0.409. The molecular formula is C22H28N2O4. The van der Waals surface area contributed by atoms with Crippen LogP contribution in [0.15, 0.2) is 48.5 Å². The van der Waals surface area contributed by atoms with Gasteiger partial charge in [-0.25, -0.2) is 0 Å². The van der Waals surface area contributed by atoms with Crippen LogP contribution in [0.25, 0.3) is 0 Å². The van der Waals surface area contributed by atoms with Crippen molar-refractivity contribution >= 4 is 5.91 Å². The summed E-state index contributed by atoms with van der Waals surface area (Å²) in [6.07, 6.45) is 0.185. The highest BCUT2D eigenvalue weighted by Gasteiger charge is 2.33. The molecule has 2 aromatic carbocycles. The Hall–Kier alpha value is -2.41. The van der Waals surface area contributed by atoms with Crippen LogP contribution in [0, 0.1) is 0 Å². The lowest BCUT2D eigenvalue weighted by Crippen LogP contribution is -2.45. The number of hydrogen-bond donors (Lipinski definition) is 2. The van der Waals surface area contributed by atoms with E-state index in [0.29, 0.717) is 13.1 Å². The lowest BCUT2D eigenvalue weighted by Gasteiger charge is -2.38. The van der Waals surface area contributed by atoms with Crippen molar-refractivity contribution in [1.29, 1.82) is 0 Å². The van der Waals surface area contributed by atoms with Gasteiger partial charge < -0.3 is 24.8 Å². The van der Waals surface area contributed by atoms with Crippen molar-refractivity contribution in [3.05, 3.63) is 65.2 Å². The Morgan fingerprint density at radius 2 is 1.89 bits per heavy atom. The highest BCUT2D eigenvalue weighted by Crippen LogP contribution is 2.39. The number of para-hydroxylation sites is 1. The third-order valence-corrected chi connectivity index (χ3v) is 5.05. The maximum absolute atomic E-state index is 13.0. The maximum atomic E-state index is 13.0. The molecule has 0 radical (unpaired) electrons. The first-order valence-electron chi connectivity index (χ1n) is 9.53. The van der Waals surface area contributed by atoms with Gasteiger partial charge in [0.1, 0.15) is 5.75 Å². The molecule has 2 aromatic rings. The number of carbonyl (C=O) groups excluding carboxylic acids is 1. The van der Waals surface area contributed by atoms with E-state index in [1.807, 2.05) is 41.3 Å². The number of ether oxygens (including phenoxy) is 2. The van der Waals surface area contributed by atoms with Crippen LogP contribution in [0.5, 0.6) is 5.75 Å². The quantitative estimate of drug-likeness (QED) is 0.726. The van der Waals surface area contributed by atoms with Crippen molar-refractivity contribution in [2.75, 3.05) is 40.5 Å². The van der Waals surface area contributed by atoms with Gasteiger partial charge in [0, 0.05) is 25.8 Å². The molecule has 0 fully saturated rings. The first-order chi connectivity index (χ1) is 13.7. The molecule has 0 aliphatic carbocycles. The molecule has 6 heteroatoms.